The summed E-state index contributed by atoms with van der Waals surface area (Å²) in [5.74, 6) is 0.493. The molecule has 0 fully saturated rings. The van der Waals surface area contributed by atoms with Crippen LogP contribution in [-0.4, -0.2) is 44.5 Å². The van der Waals surface area contributed by atoms with E-state index in [1.165, 1.54) is 5.56 Å². The highest BCUT2D eigenvalue weighted by atomic mass is 16.3. The van der Waals surface area contributed by atoms with E-state index < -0.39 is 5.60 Å². The maximum atomic E-state index is 12.4. The minimum Gasteiger partial charge on any atom is -0.389 e. The van der Waals surface area contributed by atoms with Crippen LogP contribution in [0.4, 0.5) is 10.6 Å². The quantitative estimate of drug-likeness (QED) is 0.885. The van der Waals surface area contributed by atoms with E-state index in [0.717, 1.165) is 11.4 Å². The van der Waals surface area contributed by atoms with Crippen LogP contribution in [0.15, 0.2) is 30.3 Å². The van der Waals surface area contributed by atoms with Gasteiger partial charge in [-0.05, 0) is 46.8 Å². The number of hydrogen-bond donors (Lipinski definition) is 2. The lowest BCUT2D eigenvalue weighted by atomic mass is 10.1. The third-order valence-electron chi connectivity index (χ3n) is 3.65. The summed E-state index contributed by atoms with van der Waals surface area (Å²) in [7, 11) is 0. The van der Waals surface area contributed by atoms with Gasteiger partial charge >= 0.3 is 6.03 Å². The smallest absolute Gasteiger partial charge is 0.323 e. The Bertz CT molecular complexity index is 699. The van der Waals surface area contributed by atoms with Gasteiger partial charge in [0, 0.05) is 18.3 Å². The third kappa shape index (κ3) is 4.58. The summed E-state index contributed by atoms with van der Waals surface area (Å²) in [5, 5.41) is 17.2. The Morgan fingerprint density at radius 1 is 1.29 bits per heavy atom. The Labute approximate surface area is 143 Å². The molecule has 0 spiro atoms. The lowest BCUT2D eigenvalue weighted by molar-refractivity contribution is 0.0501. The van der Waals surface area contributed by atoms with Crippen molar-refractivity contribution in [1.82, 2.24) is 14.7 Å². The molecule has 0 saturated heterocycles. The molecule has 1 aromatic heterocycles. The summed E-state index contributed by atoms with van der Waals surface area (Å²) >= 11 is 0. The average Bonchev–Trinajstić information content (AvgIpc) is 2.85. The zero-order valence-corrected chi connectivity index (χ0v) is 15.0. The largest absolute Gasteiger partial charge is 0.389 e. The molecule has 0 radical (unpaired) electrons. The summed E-state index contributed by atoms with van der Waals surface area (Å²) in [4.78, 5) is 13.9. The van der Waals surface area contributed by atoms with Crippen molar-refractivity contribution in [3.05, 3.63) is 41.6 Å². The fourth-order valence-corrected chi connectivity index (χ4v) is 2.47. The molecule has 0 aliphatic carbocycles. The zero-order chi connectivity index (χ0) is 17.9. The van der Waals surface area contributed by atoms with Crippen LogP contribution in [-0.2, 0) is 0 Å². The summed E-state index contributed by atoms with van der Waals surface area (Å²) in [6, 6.07) is 9.60. The Kier molecular flexibility index (Phi) is 5.29. The molecule has 0 unspecified atom stereocenters. The van der Waals surface area contributed by atoms with Crippen molar-refractivity contribution in [2.45, 2.75) is 40.2 Å². The number of carbonyl (C=O) groups excluding carboxylic acids is 1. The number of rotatable bonds is 5. The van der Waals surface area contributed by atoms with Gasteiger partial charge in [-0.25, -0.2) is 9.48 Å². The highest BCUT2D eigenvalue weighted by Gasteiger charge is 2.22. The van der Waals surface area contributed by atoms with Crippen molar-refractivity contribution in [2.75, 3.05) is 18.4 Å². The maximum absolute atomic E-state index is 12.4. The van der Waals surface area contributed by atoms with E-state index in [1.54, 1.807) is 23.4 Å². The number of benzene rings is 1. The molecule has 0 bridgehead atoms. The molecule has 24 heavy (non-hydrogen) atoms. The normalized spacial score (nSPS) is 11.4. The van der Waals surface area contributed by atoms with Crippen LogP contribution in [0, 0.1) is 13.8 Å². The van der Waals surface area contributed by atoms with Crippen LogP contribution in [0.5, 0.6) is 0 Å². The fraction of sp³-hybridized carbons (Fsp3) is 0.444. The van der Waals surface area contributed by atoms with Gasteiger partial charge in [0.1, 0.15) is 0 Å². The van der Waals surface area contributed by atoms with Crippen molar-refractivity contribution < 1.29 is 9.90 Å². The van der Waals surface area contributed by atoms with Crippen LogP contribution in [0.1, 0.15) is 32.0 Å². The van der Waals surface area contributed by atoms with Crippen molar-refractivity contribution >= 4 is 11.8 Å². The van der Waals surface area contributed by atoms with Crippen LogP contribution in [0.3, 0.4) is 0 Å². The number of urea groups is 1. The van der Waals surface area contributed by atoms with E-state index in [1.807, 2.05) is 51.1 Å². The van der Waals surface area contributed by atoms with E-state index in [-0.39, 0.29) is 12.6 Å². The molecule has 1 heterocycles. The topological polar surface area (TPSA) is 70.4 Å². The van der Waals surface area contributed by atoms with Gasteiger partial charge in [0.25, 0.3) is 0 Å². The first-order chi connectivity index (χ1) is 11.2. The zero-order valence-electron chi connectivity index (χ0n) is 15.0. The number of nitrogens with zero attached hydrogens (tertiary/aromatic N) is 3. The van der Waals surface area contributed by atoms with Gasteiger partial charge in [-0.1, -0.05) is 17.7 Å². The number of anilines is 1. The minimum atomic E-state index is -0.940. The monoisotopic (exact) mass is 330 g/mol. The summed E-state index contributed by atoms with van der Waals surface area (Å²) in [6.45, 7) is 9.98. The molecule has 6 nitrogen and oxygen atoms in total. The number of amides is 2. The number of aromatic nitrogens is 2. The minimum absolute atomic E-state index is 0.257. The lowest BCUT2D eigenvalue weighted by Crippen LogP contribution is -2.44. The maximum Gasteiger partial charge on any atom is 0.323 e. The number of hydrogen-bond acceptors (Lipinski definition) is 3. The standard InChI is InChI=1S/C18H26N4O2/c1-6-21(12-18(4,5)24)17(23)19-16-11-14(3)22(20-16)15-9-7-13(2)8-10-15/h7-11,24H,6,12H2,1-5H3,(H,19,20,23). The van der Waals surface area contributed by atoms with E-state index in [9.17, 15) is 9.90 Å². The number of nitrogens with one attached hydrogen (secondary N) is 1. The molecule has 0 saturated carbocycles. The predicted molar refractivity (Wildman–Crippen MR) is 95.6 cm³/mol. The summed E-state index contributed by atoms with van der Waals surface area (Å²) < 4.78 is 1.79. The van der Waals surface area contributed by atoms with E-state index in [4.69, 9.17) is 0 Å². The molecular weight excluding hydrogens is 304 g/mol. The second-order valence-electron chi connectivity index (χ2n) is 6.68. The summed E-state index contributed by atoms with van der Waals surface area (Å²) in [6.07, 6.45) is 0. The van der Waals surface area contributed by atoms with Gasteiger partial charge in [-0.2, -0.15) is 0 Å². The van der Waals surface area contributed by atoms with Crippen molar-refractivity contribution in [3.8, 4) is 5.69 Å². The number of likely N-dealkylation sites (N-methyl/N-ethyl adjacent to an activating group) is 1. The second-order valence-corrected chi connectivity index (χ2v) is 6.68. The molecule has 2 aromatic rings. The number of aryl methyl sites for hydroxylation is 2. The first-order valence-corrected chi connectivity index (χ1v) is 8.11. The van der Waals surface area contributed by atoms with Crippen molar-refractivity contribution in [1.29, 1.82) is 0 Å². The molecule has 2 amide bonds. The number of carbonyl (C=O) groups is 1. The van der Waals surface area contributed by atoms with E-state index in [0.29, 0.717) is 12.4 Å². The van der Waals surface area contributed by atoms with Gasteiger partial charge in [-0.3, -0.25) is 5.32 Å². The Hall–Kier alpha value is -2.34. The first-order valence-electron chi connectivity index (χ1n) is 8.11. The van der Waals surface area contributed by atoms with Crippen LogP contribution in [0.25, 0.3) is 5.69 Å². The van der Waals surface area contributed by atoms with Gasteiger partial charge < -0.3 is 10.0 Å². The molecule has 1 aromatic carbocycles. The molecule has 0 aliphatic rings. The van der Waals surface area contributed by atoms with E-state index in [2.05, 4.69) is 10.4 Å². The van der Waals surface area contributed by atoms with Gasteiger partial charge in [0.05, 0.1) is 17.8 Å². The van der Waals surface area contributed by atoms with Crippen LogP contribution < -0.4 is 5.32 Å². The fourth-order valence-electron chi connectivity index (χ4n) is 2.47. The van der Waals surface area contributed by atoms with E-state index >= 15 is 0 Å². The lowest BCUT2D eigenvalue weighted by Gasteiger charge is -2.27. The van der Waals surface area contributed by atoms with Gasteiger partial charge in [0.2, 0.25) is 0 Å². The molecular formula is C18H26N4O2. The van der Waals surface area contributed by atoms with Crippen LogP contribution in [0.2, 0.25) is 0 Å². The Morgan fingerprint density at radius 2 is 1.92 bits per heavy atom. The highest BCUT2D eigenvalue weighted by molar-refractivity contribution is 5.88. The first kappa shape index (κ1) is 18.0. The summed E-state index contributed by atoms with van der Waals surface area (Å²) in [5.41, 5.74) is 2.12. The molecule has 130 valence electrons. The molecule has 0 atom stereocenters. The second kappa shape index (κ2) is 7.05. The average molecular weight is 330 g/mol. The van der Waals surface area contributed by atoms with Gasteiger partial charge in [-0.15, -0.1) is 5.10 Å². The Morgan fingerprint density at radius 3 is 2.46 bits per heavy atom. The van der Waals surface area contributed by atoms with Crippen molar-refractivity contribution in [3.63, 3.8) is 0 Å². The predicted octanol–water partition coefficient (Wildman–Crippen LogP) is 3.11. The molecule has 2 N–H and O–H groups in total. The number of aliphatic hydroxyl groups is 1. The highest BCUT2D eigenvalue weighted by Crippen LogP contribution is 2.16. The molecule has 2 rings (SSSR count). The Balaban J connectivity index is 2.14. The van der Waals surface area contributed by atoms with Gasteiger partial charge in [0.15, 0.2) is 5.82 Å². The molecule has 0 aliphatic heterocycles. The SMILES string of the molecule is CCN(CC(C)(C)O)C(=O)Nc1cc(C)n(-c2ccc(C)cc2)n1. The molecule has 6 heteroatoms. The van der Waals surface area contributed by atoms with Crippen LogP contribution >= 0.6 is 0 Å². The van der Waals surface area contributed by atoms with Crippen molar-refractivity contribution in [2.24, 2.45) is 0 Å². The third-order valence-corrected chi connectivity index (χ3v) is 3.65.